The second-order valence-corrected chi connectivity index (χ2v) is 9.31. The number of carboxylic acid groups (broad SMARTS) is 1. The lowest BCUT2D eigenvalue weighted by Gasteiger charge is -2.62. The third-order valence-corrected chi connectivity index (χ3v) is 8.02. The minimum atomic E-state index is -0.682. The molecule has 3 nitrogen and oxygen atoms in total. The van der Waals surface area contributed by atoms with E-state index in [4.69, 9.17) is 0 Å². The first-order valence-electron chi connectivity index (χ1n) is 9.21. The number of fused-ring (bicyclic) bond motifs is 3. The average molecular weight is 320 g/mol. The van der Waals surface area contributed by atoms with E-state index in [1.54, 1.807) is 0 Å². The number of aliphatic carboxylic acids is 1. The Balaban J connectivity index is 1.96. The molecule has 2 N–H and O–H groups in total. The standard InChI is InChI=1S/C20H32O3/c1-5-18(2)10-7-14-13(12-18)15(21)11-16-19(14,3)8-6-9-20(16,4)17(22)23/h5,13-16,21H,1,6-12H2,2-4H3,(H,22,23)/t13?,14?,15-,16?,18+,19-,20-/m1/s1. The highest BCUT2D eigenvalue weighted by atomic mass is 16.4. The molecule has 3 saturated carbocycles. The lowest BCUT2D eigenvalue weighted by Crippen LogP contribution is -2.60. The number of hydrogen-bond acceptors (Lipinski definition) is 2. The molecule has 0 amide bonds. The van der Waals surface area contributed by atoms with Gasteiger partial charge in [-0.1, -0.05) is 26.3 Å². The van der Waals surface area contributed by atoms with Gasteiger partial charge >= 0.3 is 5.97 Å². The van der Waals surface area contributed by atoms with Crippen molar-refractivity contribution in [1.29, 1.82) is 0 Å². The van der Waals surface area contributed by atoms with Crippen LogP contribution in [0.5, 0.6) is 0 Å². The summed E-state index contributed by atoms with van der Waals surface area (Å²) in [4.78, 5) is 12.0. The van der Waals surface area contributed by atoms with Crippen molar-refractivity contribution >= 4 is 5.97 Å². The maximum absolute atomic E-state index is 12.0. The largest absolute Gasteiger partial charge is 0.481 e. The molecule has 0 aliphatic heterocycles. The van der Waals surface area contributed by atoms with E-state index in [0.29, 0.717) is 18.3 Å². The molecular formula is C20H32O3. The molecule has 0 aromatic heterocycles. The van der Waals surface area contributed by atoms with Crippen LogP contribution in [-0.4, -0.2) is 22.3 Å². The summed E-state index contributed by atoms with van der Waals surface area (Å²) in [5, 5.41) is 20.7. The van der Waals surface area contributed by atoms with Gasteiger partial charge in [-0.25, -0.2) is 0 Å². The Kier molecular flexibility index (Phi) is 3.95. The van der Waals surface area contributed by atoms with Crippen molar-refractivity contribution in [3.8, 4) is 0 Å². The summed E-state index contributed by atoms with van der Waals surface area (Å²) < 4.78 is 0. The topological polar surface area (TPSA) is 57.5 Å². The van der Waals surface area contributed by atoms with Crippen LogP contribution in [0.3, 0.4) is 0 Å². The lowest BCUT2D eigenvalue weighted by molar-refractivity contribution is -0.188. The SMILES string of the molecule is C=C[C@@]1(C)CCC2C(C1)[C@H](O)CC1[C@]2(C)CCC[C@@]1(C)C(=O)O. The predicted molar refractivity (Wildman–Crippen MR) is 90.9 cm³/mol. The number of aliphatic hydroxyl groups excluding tert-OH is 1. The van der Waals surface area contributed by atoms with Crippen molar-refractivity contribution in [2.45, 2.75) is 71.8 Å². The zero-order valence-corrected chi connectivity index (χ0v) is 14.8. The molecule has 3 aliphatic rings. The van der Waals surface area contributed by atoms with Crippen molar-refractivity contribution in [3.05, 3.63) is 12.7 Å². The van der Waals surface area contributed by atoms with Crippen LogP contribution in [0.15, 0.2) is 12.7 Å². The molecule has 3 fully saturated rings. The summed E-state index contributed by atoms with van der Waals surface area (Å²) in [5.74, 6) is 0.156. The Bertz CT molecular complexity index is 515. The van der Waals surface area contributed by atoms with E-state index in [1.165, 1.54) is 0 Å². The fourth-order valence-electron chi connectivity index (χ4n) is 6.45. The van der Waals surface area contributed by atoms with E-state index in [-0.39, 0.29) is 22.9 Å². The van der Waals surface area contributed by atoms with Crippen molar-refractivity contribution in [3.63, 3.8) is 0 Å². The van der Waals surface area contributed by atoms with Crippen LogP contribution < -0.4 is 0 Å². The van der Waals surface area contributed by atoms with Crippen LogP contribution in [0.4, 0.5) is 0 Å². The smallest absolute Gasteiger partial charge is 0.309 e. The van der Waals surface area contributed by atoms with Gasteiger partial charge in [0, 0.05) is 0 Å². The Hall–Kier alpha value is -0.830. The molecule has 23 heavy (non-hydrogen) atoms. The molecule has 0 aromatic rings. The number of allylic oxidation sites excluding steroid dienone is 1. The molecule has 7 atom stereocenters. The minimum absolute atomic E-state index is 0.0534. The first-order valence-corrected chi connectivity index (χ1v) is 9.21. The molecule has 3 unspecified atom stereocenters. The first kappa shape index (κ1) is 17.0. The molecule has 0 bridgehead atoms. The number of carboxylic acids is 1. The van der Waals surface area contributed by atoms with Gasteiger partial charge in [-0.3, -0.25) is 4.79 Å². The third-order valence-electron chi connectivity index (χ3n) is 8.02. The van der Waals surface area contributed by atoms with Crippen LogP contribution in [0.1, 0.15) is 65.7 Å². The van der Waals surface area contributed by atoms with Crippen LogP contribution in [-0.2, 0) is 4.79 Å². The lowest BCUT2D eigenvalue weighted by atomic mass is 9.42. The predicted octanol–water partition coefficient (Wildman–Crippen LogP) is 4.26. The molecule has 0 saturated heterocycles. The highest BCUT2D eigenvalue weighted by molar-refractivity contribution is 5.75. The highest BCUT2D eigenvalue weighted by Crippen LogP contribution is 2.65. The molecule has 0 spiro atoms. The summed E-state index contributed by atoms with van der Waals surface area (Å²) in [6, 6.07) is 0. The molecule has 3 aliphatic carbocycles. The summed E-state index contributed by atoms with van der Waals surface area (Å²) >= 11 is 0. The number of carbonyl (C=O) groups is 1. The summed E-state index contributed by atoms with van der Waals surface area (Å²) in [6.07, 6.45) is 8.39. The van der Waals surface area contributed by atoms with Gasteiger partial charge in [-0.05, 0) is 74.0 Å². The van der Waals surface area contributed by atoms with E-state index < -0.39 is 11.4 Å². The van der Waals surface area contributed by atoms with E-state index in [2.05, 4.69) is 26.5 Å². The van der Waals surface area contributed by atoms with Crippen LogP contribution in [0.2, 0.25) is 0 Å². The normalized spacial score (nSPS) is 53.0. The molecule has 130 valence electrons. The molecule has 0 heterocycles. The average Bonchev–Trinajstić information content (AvgIpc) is 2.50. The second-order valence-electron chi connectivity index (χ2n) is 9.31. The van der Waals surface area contributed by atoms with E-state index >= 15 is 0 Å². The molecule has 0 radical (unpaired) electrons. The zero-order valence-electron chi connectivity index (χ0n) is 14.8. The molecule has 0 aromatic carbocycles. The van der Waals surface area contributed by atoms with Gasteiger partial charge in [-0.2, -0.15) is 0 Å². The fraction of sp³-hybridized carbons (Fsp3) is 0.850. The maximum Gasteiger partial charge on any atom is 0.309 e. The molecule has 3 heteroatoms. The maximum atomic E-state index is 12.0. The van der Waals surface area contributed by atoms with Crippen molar-refractivity contribution in [2.24, 2.45) is 34.0 Å². The molecular weight excluding hydrogens is 288 g/mol. The monoisotopic (exact) mass is 320 g/mol. The summed E-state index contributed by atoms with van der Waals surface area (Å²) in [5.41, 5.74) is -0.508. The Morgan fingerprint density at radius 3 is 2.52 bits per heavy atom. The van der Waals surface area contributed by atoms with Gasteiger partial charge in [0.25, 0.3) is 0 Å². The van der Waals surface area contributed by atoms with Gasteiger partial charge in [0.15, 0.2) is 0 Å². The number of rotatable bonds is 2. The van der Waals surface area contributed by atoms with Crippen LogP contribution >= 0.6 is 0 Å². The summed E-state index contributed by atoms with van der Waals surface area (Å²) in [7, 11) is 0. The van der Waals surface area contributed by atoms with Crippen molar-refractivity contribution in [1.82, 2.24) is 0 Å². The first-order chi connectivity index (χ1) is 10.7. The highest BCUT2D eigenvalue weighted by Gasteiger charge is 2.61. The summed E-state index contributed by atoms with van der Waals surface area (Å²) in [6.45, 7) is 10.5. The zero-order chi connectivity index (χ0) is 17.0. The Morgan fingerprint density at radius 1 is 1.22 bits per heavy atom. The van der Waals surface area contributed by atoms with Gasteiger partial charge in [0.1, 0.15) is 0 Å². The van der Waals surface area contributed by atoms with Crippen LogP contribution in [0, 0.1) is 34.0 Å². The number of aliphatic hydroxyl groups is 1. The van der Waals surface area contributed by atoms with Gasteiger partial charge in [-0.15, -0.1) is 6.58 Å². The van der Waals surface area contributed by atoms with E-state index in [1.807, 2.05) is 6.92 Å². The third kappa shape index (κ3) is 2.38. The van der Waals surface area contributed by atoms with E-state index in [0.717, 1.165) is 38.5 Å². The van der Waals surface area contributed by atoms with Crippen LogP contribution in [0.25, 0.3) is 0 Å². The second kappa shape index (κ2) is 5.34. The number of hydrogen-bond donors (Lipinski definition) is 2. The van der Waals surface area contributed by atoms with Crippen molar-refractivity contribution < 1.29 is 15.0 Å². The van der Waals surface area contributed by atoms with Gasteiger partial charge in [0.2, 0.25) is 0 Å². The van der Waals surface area contributed by atoms with Gasteiger partial charge in [0.05, 0.1) is 11.5 Å². The quantitative estimate of drug-likeness (QED) is 0.748. The van der Waals surface area contributed by atoms with E-state index in [9.17, 15) is 15.0 Å². The van der Waals surface area contributed by atoms with Crippen molar-refractivity contribution in [2.75, 3.05) is 0 Å². The Labute approximate surface area is 140 Å². The molecule has 3 rings (SSSR count). The van der Waals surface area contributed by atoms with Gasteiger partial charge < -0.3 is 10.2 Å². The Morgan fingerprint density at radius 2 is 1.91 bits per heavy atom. The fourth-order valence-corrected chi connectivity index (χ4v) is 6.45. The minimum Gasteiger partial charge on any atom is -0.481 e.